The number of fused-ring (bicyclic) bond motifs is 1. The van der Waals surface area contributed by atoms with Crippen molar-refractivity contribution in [3.63, 3.8) is 0 Å². The van der Waals surface area contributed by atoms with Gasteiger partial charge in [0.25, 0.3) is 5.91 Å². The van der Waals surface area contributed by atoms with Crippen LogP contribution in [0.2, 0.25) is 0 Å². The third-order valence-corrected chi connectivity index (χ3v) is 5.52. The van der Waals surface area contributed by atoms with E-state index in [4.69, 9.17) is 4.42 Å². The molecule has 1 aromatic carbocycles. The van der Waals surface area contributed by atoms with Crippen LogP contribution in [0, 0.1) is 19.3 Å². The van der Waals surface area contributed by atoms with Crippen LogP contribution >= 0.6 is 0 Å². The minimum Gasteiger partial charge on any atom is -0.451 e. The molecular formula is C20H27NO4. The SMILES string of the molecule is CCC[C@@]1(CO)CN(C(=O)c2oc3cc(C)ccc3c2C)CC[C@H]1O. The molecule has 0 aliphatic carbocycles. The van der Waals surface area contributed by atoms with Crippen molar-refractivity contribution in [1.82, 2.24) is 4.90 Å². The number of nitrogens with zero attached hydrogens (tertiary/aromatic N) is 1. The molecule has 3 rings (SSSR count). The van der Waals surface area contributed by atoms with E-state index >= 15 is 0 Å². The highest BCUT2D eigenvalue weighted by Gasteiger charge is 2.43. The van der Waals surface area contributed by atoms with Gasteiger partial charge in [0, 0.05) is 29.5 Å². The number of aliphatic hydroxyl groups is 2. The molecule has 0 bridgehead atoms. The fourth-order valence-electron chi connectivity index (χ4n) is 3.98. The number of aliphatic hydroxyl groups excluding tert-OH is 2. The quantitative estimate of drug-likeness (QED) is 0.893. The van der Waals surface area contributed by atoms with Crippen molar-refractivity contribution >= 4 is 16.9 Å². The highest BCUT2D eigenvalue weighted by atomic mass is 16.3. The van der Waals surface area contributed by atoms with Crippen molar-refractivity contribution in [2.45, 2.75) is 46.1 Å². The maximum Gasteiger partial charge on any atom is 0.289 e. The minimum absolute atomic E-state index is 0.121. The zero-order valence-electron chi connectivity index (χ0n) is 15.2. The Morgan fingerprint density at radius 1 is 1.40 bits per heavy atom. The molecule has 1 aliphatic heterocycles. The summed E-state index contributed by atoms with van der Waals surface area (Å²) in [5.41, 5.74) is 2.01. The van der Waals surface area contributed by atoms with Crippen LogP contribution in [0.1, 0.15) is 47.9 Å². The number of benzene rings is 1. The summed E-state index contributed by atoms with van der Waals surface area (Å²) in [6.07, 6.45) is 1.43. The molecule has 1 fully saturated rings. The fraction of sp³-hybridized carbons (Fsp3) is 0.550. The number of furan rings is 1. The van der Waals surface area contributed by atoms with Gasteiger partial charge in [-0.05, 0) is 38.3 Å². The molecule has 2 aromatic rings. The molecule has 1 aliphatic rings. The highest BCUT2D eigenvalue weighted by Crippen LogP contribution is 2.36. The lowest BCUT2D eigenvalue weighted by molar-refractivity contribution is -0.0724. The third-order valence-electron chi connectivity index (χ3n) is 5.52. The van der Waals surface area contributed by atoms with Gasteiger partial charge < -0.3 is 19.5 Å². The average molecular weight is 345 g/mol. The minimum atomic E-state index is -0.640. The van der Waals surface area contributed by atoms with E-state index in [2.05, 4.69) is 0 Å². The maximum absolute atomic E-state index is 13.1. The summed E-state index contributed by atoms with van der Waals surface area (Å²) in [6.45, 7) is 6.62. The van der Waals surface area contributed by atoms with Gasteiger partial charge in [-0.15, -0.1) is 0 Å². The van der Waals surface area contributed by atoms with E-state index in [-0.39, 0.29) is 12.5 Å². The van der Waals surface area contributed by atoms with Crippen LogP contribution in [0.15, 0.2) is 22.6 Å². The topological polar surface area (TPSA) is 73.9 Å². The largest absolute Gasteiger partial charge is 0.451 e. The fourth-order valence-corrected chi connectivity index (χ4v) is 3.98. The molecule has 25 heavy (non-hydrogen) atoms. The van der Waals surface area contributed by atoms with Crippen molar-refractivity contribution in [3.05, 3.63) is 35.1 Å². The molecule has 1 aromatic heterocycles. The van der Waals surface area contributed by atoms with E-state index in [1.807, 2.05) is 39.0 Å². The Morgan fingerprint density at radius 2 is 2.16 bits per heavy atom. The first kappa shape index (κ1) is 18.0. The number of hydrogen-bond acceptors (Lipinski definition) is 4. The molecule has 1 amide bonds. The Labute approximate surface area is 148 Å². The van der Waals surface area contributed by atoms with Gasteiger partial charge in [-0.25, -0.2) is 0 Å². The lowest BCUT2D eigenvalue weighted by Gasteiger charge is -2.45. The number of piperidine rings is 1. The summed E-state index contributed by atoms with van der Waals surface area (Å²) < 4.78 is 5.87. The van der Waals surface area contributed by atoms with Crippen LogP contribution in [0.5, 0.6) is 0 Å². The molecule has 0 radical (unpaired) electrons. The van der Waals surface area contributed by atoms with E-state index < -0.39 is 11.5 Å². The normalized spacial score (nSPS) is 24.0. The van der Waals surface area contributed by atoms with E-state index in [0.717, 1.165) is 28.5 Å². The van der Waals surface area contributed by atoms with Crippen LogP contribution in [0.4, 0.5) is 0 Å². The summed E-state index contributed by atoms with van der Waals surface area (Å²) in [5.74, 6) is 0.201. The second-order valence-electron chi connectivity index (χ2n) is 7.36. The van der Waals surface area contributed by atoms with Gasteiger partial charge in [0.15, 0.2) is 5.76 Å². The molecule has 0 saturated carbocycles. The average Bonchev–Trinajstić information content (AvgIpc) is 2.92. The summed E-state index contributed by atoms with van der Waals surface area (Å²) in [6, 6.07) is 5.93. The van der Waals surface area contributed by atoms with Gasteiger partial charge in [-0.3, -0.25) is 4.79 Å². The Morgan fingerprint density at radius 3 is 2.84 bits per heavy atom. The lowest BCUT2D eigenvalue weighted by atomic mass is 9.74. The number of rotatable bonds is 4. The zero-order chi connectivity index (χ0) is 18.2. The van der Waals surface area contributed by atoms with Crippen molar-refractivity contribution < 1.29 is 19.4 Å². The standard InChI is InChI=1S/C20H27NO4/c1-4-8-20(12-22)11-21(9-7-17(20)23)19(24)18-14(3)15-6-5-13(2)10-16(15)25-18/h5-6,10,17,22-23H,4,7-9,11-12H2,1-3H3/t17-,20+/m1/s1. The predicted molar refractivity (Wildman–Crippen MR) is 96.6 cm³/mol. The molecular weight excluding hydrogens is 318 g/mol. The van der Waals surface area contributed by atoms with Gasteiger partial charge in [-0.1, -0.05) is 25.5 Å². The monoisotopic (exact) mass is 345 g/mol. The number of carbonyl (C=O) groups excluding carboxylic acids is 1. The Hall–Kier alpha value is -1.85. The summed E-state index contributed by atoms with van der Waals surface area (Å²) in [7, 11) is 0. The third kappa shape index (κ3) is 3.07. The molecule has 0 spiro atoms. The van der Waals surface area contributed by atoms with Crippen molar-refractivity contribution in [2.24, 2.45) is 5.41 Å². The van der Waals surface area contributed by atoms with Crippen LogP contribution in [0.25, 0.3) is 11.0 Å². The van der Waals surface area contributed by atoms with Crippen LogP contribution in [-0.2, 0) is 0 Å². The smallest absolute Gasteiger partial charge is 0.289 e. The van der Waals surface area contributed by atoms with E-state index in [1.54, 1.807) is 4.90 Å². The van der Waals surface area contributed by atoms with Crippen molar-refractivity contribution in [2.75, 3.05) is 19.7 Å². The summed E-state index contributed by atoms with van der Waals surface area (Å²) >= 11 is 0. The van der Waals surface area contributed by atoms with Gasteiger partial charge in [0.2, 0.25) is 0 Å². The molecule has 136 valence electrons. The Kier molecular flexibility index (Phi) is 4.89. The van der Waals surface area contributed by atoms with Crippen molar-refractivity contribution in [3.8, 4) is 0 Å². The Balaban J connectivity index is 1.91. The lowest BCUT2D eigenvalue weighted by Crippen LogP contribution is -2.55. The molecule has 2 atom stereocenters. The van der Waals surface area contributed by atoms with Gasteiger partial charge in [0.05, 0.1) is 12.7 Å². The van der Waals surface area contributed by atoms with Gasteiger partial charge in [-0.2, -0.15) is 0 Å². The number of aryl methyl sites for hydroxylation is 2. The zero-order valence-corrected chi connectivity index (χ0v) is 15.2. The van der Waals surface area contributed by atoms with Crippen molar-refractivity contribution in [1.29, 1.82) is 0 Å². The van der Waals surface area contributed by atoms with Crippen LogP contribution < -0.4 is 0 Å². The summed E-state index contributed by atoms with van der Waals surface area (Å²) in [5, 5.41) is 21.2. The number of likely N-dealkylation sites (tertiary alicyclic amines) is 1. The van der Waals surface area contributed by atoms with Gasteiger partial charge in [0.1, 0.15) is 5.58 Å². The van der Waals surface area contributed by atoms with E-state index in [0.29, 0.717) is 31.7 Å². The maximum atomic E-state index is 13.1. The van der Waals surface area contributed by atoms with Gasteiger partial charge >= 0.3 is 0 Å². The summed E-state index contributed by atoms with van der Waals surface area (Å²) in [4.78, 5) is 14.8. The molecule has 2 N–H and O–H groups in total. The predicted octanol–water partition coefficient (Wildman–Crippen LogP) is 3.04. The Bertz CT molecular complexity index is 781. The second kappa shape index (κ2) is 6.81. The number of amides is 1. The molecule has 1 saturated heterocycles. The first-order chi connectivity index (χ1) is 11.9. The molecule has 5 heteroatoms. The molecule has 5 nitrogen and oxygen atoms in total. The molecule has 2 heterocycles. The number of carbonyl (C=O) groups is 1. The van der Waals surface area contributed by atoms with E-state index in [1.165, 1.54) is 0 Å². The van der Waals surface area contributed by atoms with Crippen LogP contribution in [0.3, 0.4) is 0 Å². The number of hydrogen-bond donors (Lipinski definition) is 2. The second-order valence-corrected chi connectivity index (χ2v) is 7.36. The first-order valence-electron chi connectivity index (χ1n) is 9.00. The van der Waals surface area contributed by atoms with Crippen LogP contribution in [-0.4, -0.2) is 46.8 Å². The first-order valence-corrected chi connectivity index (χ1v) is 9.00. The molecule has 0 unspecified atom stereocenters. The van der Waals surface area contributed by atoms with E-state index in [9.17, 15) is 15.0 Å². The highest BCUT2D eigenvalue weighted by molar-refractivity contribution is 5.99.